The van der Waals surface area contributed by atoms with Crippen molar-refractivity contribution < 1.29 is 4.79 Å². The van der Waals surface area contributed by atoms with Crippen LogP contribution in [0.2, 0.25) is 0 Å². The Hall–Kier alpha value is -1.51. The van der Waals surface area contributed by atoms with Gasteiger partial charge in [0.25, 0.3) is 0 Å². The second-order valence-electron chi connectivity index (χ2n) is 3.45. The lowest BCUT2D eigenvalue weighted by molar-refractivity contribution is -0.128. The highest BCUT2D eigenvalue weighted by molar-refractivity contribution is 5.76. The number of hydrogen-bond donors (Lipinski definition) is 0. The average Bonchev–Trinajstić information content (AvgIpc) is 2.67. The van der Waals surface area contributed by atoms with E-state index in [2.05, 4.69) is 0 Å². The summed E-state index contributed by atoms with van der Waals surface area (Å²) in [4.78, 5) is 11.3. The maximum Gasteiger partial charge on any atom is 0.237 e. The van der Waals surface area contributed by atoms with Crippen molar-refractivity contribution in [3.63, 3.8) is 0 Å². The van der Waals surface area contributed by atoms with E-state index in [-0.39, 0.29) is 5.91 Å². The van der Waals surface area contributed by atoms with Crippen molar-refractivity contribution in [2.75, 3.05) is 18.1 Å². The van der Waals surface area contributed by atoms with Gasteiger partial charge >= 0.3 is 0 Å². The molecular formula is C11H14N2O. The topological polar surface area (TPSA) is 23.6 Å². The summed E-state index contributed by atoms with van der Waals surface area (Å²) < 4.78 is 0. The molecule has 1 aliphatic rings. The smallest absolute Gasteiger partial charge is 0.237 e. The number of benzene rings is 1. The number of anilines is 1. The van der Waals surface area contributed by atoms with Crippen LogP contribution in [0.15, 0.2) is 30.3 Å². The fraction of sp³-hybridized carbons (Fsp3) is 0.364. The molecule has 1 aliphatic heterocycles. The lowest BCUT2D eigenvalue weighted by Gasteiger charge is -2.28. The number of amides is 1. The molecule has 74 valence electrons. The Bertz CT molecular complexity index is 323. The molecule has 0 spiro atoms. The van der Waals surface area contributed by atoms with Crippen molar-refractivity contribution in [2.24, 2.45) is 0 Å². The van der Waals surface area contributed by atoms with Gasteiger partial charge in [0.1, 0.15) is 0 Å². The monoisotopic (exact) mass is 190 g/mol. The molecule has 3 heteroatoms. The van der Waals surface area contributed by atoms with Gasteiger partial charge in [0, 0.05) is 20.0 Å². The molecule has 0 bridgehead atoms. The molecule has 0 aromatic heterocycles. The lowest BCUT2D eigenvalue weighted by atomic mass is 10.3. The molecule has 1 aromatic carbocycles. The van der Waals surface area contributed by atoms with Gasteiger partial charge < -0.3 is 0 Å². The Morgan fingerprint density at radius 3 is 2.57 bits per heavy atom. The van der Waals surface area contributed by atoms with E-state index in [1.165, 1.54) is 0 Å². The van der Waals surface area contributed by atoms with Gasteiger partial charge in [-0.1, -0.05) is 18.2 Å². The predicted octanol–water partition coefficient (Wildman–Crippen LogP) is 1.66. The third-order valence-electron chi connectivity index (χ3n) is 2.45. The van der Waals surface area contributed by atoms with Crippen molar-refractivity contribution in [1.29, 1.82) is 0 Å². The molecule has 14 heavy (non-hydrogen) atoms. The molecule has 0 unspecified atom stereocenters. The van der Waals surface area contributed by atoms with E-state index < -0.39 is 0 Å². The minimum Gasteiger partial charge on any atom is -0.283 e. The fourth-order valence-electron chi connectivity index (χ4n) is 1.81. The second-order valence-corrected chi connectivity index (χ2v) is 3.45. The van der Waals surface area contributed by atoms with E-state index in [1.54, 1.807) is 11.9 Å². The molecule has 1 saturated heterocycles. The third-order valence-corrected chi connectivity index (χ3v) is 2.45. The van der Waals surface area contributed by atoms with Gasteiger partial charge in [-0.15, -0.1) is 0 Å². The van der Waals surface area contributed by atoms with Gasteiger partial charge in [-0.3, -0.25) is 14.8 Å². The van der Waals surface area contributed by atoms with Crippen LogP contribution in [0.25, 0.3) is 0 Å². The molecule has 1 fully saturated rings. The van der Waals surface area contributed by atoms with Crippen LogP contribution in [0.5, 0.6) is 0 Å². The third kappa shape index (κ3) is 1.58. The van der Waals surface area contributed by atoms with Crippen LogP contribution in [-0.4, -0.2) is 24.0 Å². The Labute approximate surface area is 83.9 Å². The fourth-order valence-corrected chi connectivity index (χ4v) is 1.81. The number of hydrogen-bond acceptors (Lipinski definition) is 2. The summed E-state index contributed by atoms with van der Waals surface area (Å²) in [7, 11) is 0. The van der Waals surface area contributed by atoms with Crippen LogP contribution in [0, 0.1) is 0 Å². The van der Waals surface area contributed by atoms with E-state index in [4.69, 9.17) is 0 Å². The van der Waals surface area contributed by atoms with Gasteiger partial charge in [0.2, 0.25) is 5.91 Å². The zero-order valence-corrected chi connectivity index (χ0v) is 8.31. The lowest BCUT2D eigenvalue weighted by Crippen LogP contribution is -2.39. The zero-order chi connectivity index (χ0) is 9.97. The normalized spacial score (nSPS) is 16.1. The van der Waals surface area contributed by atoms with Crippen LogP contribution >= 0.6 is 0 Å². The predicted molar refractivity (Wildman–Crippen MR) is 55.8 cm³/mol. The Morgan fingerprint density at radius 2 is 1.93 bits per heavy atom. The second kappa shape index (κ2) is 3.70. The molecule has 3 nitrogen and oxygen atoms in total. The number of para-hydroxylation sites is 1. The minimum atomic E-state index is 0.117. The highest BCUT2D eigenvalue weighted by Crippen LogP contribution is 2.20. The molecule has 1 heterocycles. The molecular weight excluding hydrogens is 176 g/mol. The van der Waals surface area contributed by atoms with E-state index in [9.17, 15) is 4.79 Å². The van der Waals surface area contributed by atoms with Gasteiger partial charge in [0.05, 0.1) is 5.69 Å². The summed E-state index contributed by atoms with van der Waals surface area (Å²) in [6.07, 6.45) is 1.05. The Balaban J connectivity index is 2.22. The van der Waals surface area contributed by atoms with Crippen molar-refractivity contribution in [3.8, 4) is 0 Å². The first kappa shape index (κ1) is 9.06. The zero-order valence-electron chi connectivity index (χ0n) is 8.31. The highest BCUT2D eigenvalue weighted by Gasteiger charge is 2.23. The van der Waals surface area contributed by atoms with Crippen LogP contribution in [0.4, 0.5) is 5.69 Å². The first-order valence-corrected chi connectivity index (χ1v) is 4.89. The standard InChI is InChI=1S/C11H14N2O/c1-10(14)12-8-5-9-13(12)11-6-3-2-4-7-11/h2-4,6-7H,5,8-9H2,1H3. The van der Waals surface area contributed by atoms with Crippen LogP contribution in [0.1, 0.15) is 13.3 Å². The molecule has 0 atom stereocenters. The van der Waals surface area contributed by atoms with Crippen LogP contribution in [-0.2, 0) is 4.79 Å². The number of rotatable bonds is 1. The van der Waals surface area contributed by atoms with Crippen molar-refractivity contribution in [2.45, 2.75) is 13.3 Å². The van der Waals surface area contributed by atoms with Crippen molar-refractivity contribution >= 4 is 11.6 Å². The van der Waals surface area contributed by atoms with Crippen molar-refractivity contribution in [3.05, 3.63) is 30.3 Å². The molecule has 1 aromatic rings. The van der Waals surface area contributed by atoms with Gasteiger partial charge in [-0.25, -0.2) is 0 Å². The Kier molecular flexibility index (Phi) is 2.39. The minimum absolute atomic E-state index is 0.117. The summed E-state index contributed by atoms with van der Waals surface area (Å²) in [6.45, 7) is 3.38. The van der Waals surface area contributed by atoms with Crippen LogP contribution in [0.3, 0.4) is 0 Å². The number of carbonyl (C=O) groups is 1. The summed E-state index contributed by atoms with van der Waals surface area (Å²) in [6, 6.07) is 10.0. The van der Waals surface area contributed by atoms with Gasteiger partial charge in [-0.2, -0.15) is 0 Å². The highest BCUT2D eigenvalue weighted by atomic mass is 16.2. The molecule has 0 radical (unpaired) electrons. The largest absolute Gasteiger partial charge is 0.283 e. The van der Waals surface area contributed by atoms with Crippen LogP contribution < -0.4 is 5.01 Å². The quantitative estimate of drug-likeness (QED) is 0.672. The SMILES string of the molecule is CC(=O)N1CCCN1c1ccccc1. The van der Waals surface area contributed by atoms with E-state index in [0.717, 1.165) is 25.2 Å². The summed E-state index contributed by atoms with van der Waals surface area (Å²) in [5, 5.41) is 3.84. The molecule has 0 aliphatic carbocycles. The van der Waals surface area contributed by atoms with E-state index in [1.807, 2.05) is 35.3 Å². The summed E-state index contributed by atoms with van der Waals surface area (Å²) >= 11 is 0. The molecule has 0 saturated carbocycles. The summed E-state index contributed by atoms with van der Waals surface area (Å²) in [5.41, 5.74) is 1.10. The van der Waals surface area contributed by atoms with E-state index in [0.29, 0.717) is 0 Å². The average molecular weight is 190 g/mol. The molecule has 2 rings (SSSR count). The Morgan fingerprint density at radius 1 is 1.21 bits per heavy atom. The maximum absolute atomic E-state index is 11.3. The number of hydrazine groups is 1. The first-order chi connectivity index (χ1) is 6.79. The number of nitrogens with zero attached hydrogens (tertiary/aromatic N) is 2. The summed E-state index contributed by atoms with van der Waals surface area (Å²) in [5.74, 6) is 0.117. The van der Waals surface area contributed by atoms with Crippen molar-refractivity contribution in [1.82, 2.24) is 5.01 Å². The van der Waals surface area contributed by atoms with E-state index >= 15 is 0 Å². The number of carbonyl (C=O) groups excluding carboxylic acids is 1. The maximum atomic E-state index is 11.3. The molecule has 1 amide bonds. The first-order valence-electron chi connectivity index (χ1n) is 4.89. The van der Waals surface area contributed by atoms with Gasteiger partial charge in [-0.05, 0) is 18.6 Å². The van der Waals surface area contributed by atoms with Gasteiger partial charge in [0.15, 0.2) is 0 Å². The molecule has 0 N–H and O–H groups in total.